The fourth-order valence-corrected chi connectivity index (χ4v) is 15.1. The van der Waals surface area contributed by atoms with Crippen LogP contribution in [-0.4, -0.2) is 168 Å². The molecule has 3 aromatic carbocycles. The maximum atomic E-state index is 13.6. The van der Waals surface area contributed by atoms with Crippen LogP contribution < -0.4 is 37.0 Å². The third kappa shape index (κ3) is 34.3. The smallest absolute Gasteiger partial charge is 0.329 e. The summed E-state index contributed by atoms with van der Waals surface area (Å²) in [5.41, 5.74) is 15.6. The number of carbonyl (C=O) groups is 5. The molecule has 97 heavy (non-hydrogen) atoms. The summed E-state index contributed by atoms with van der Waals surface area (Å²) in [5.74, 6) is -0.508. The van der Waals surface area contributed by atoms with Gasteiger partial charge >= 0.3 is 11.9 Å². The Morgan fingerprint density at radius 2 is 1.22 bits per heavy atom. The number of anilines is 1. The topological polar surface area (TPSA) is 305 Å². The van der Waals surface area contributed by atoms with Gasteiger partial charge in [-0.1, -0.05) is 161 Å². The van der Waals surface area contributed by atoms with E-state index in [4.69, 9.17) is 34.3 Å². The lowest BCUT2D eigenvalue weighted by Gasteiger charge is -2.39. The van der Waals surface area contributed by atoms with Crippen molar-refractivity contribution in [2.75, 3.05) is 78.3 Å². The maximum Gasteiger partial charge on any atom is 0.329 e. The van der Waals surface area contributed by atoms with Crippen LogP contribution in [0.5, 0.6) is 0 Å². The summed E-state index contributed by atoms with van der Waals surface area (Å²) in [6.45, 7) is 22.4. The number of hydrogen-bond donors (Lipinski definition) is 5. The number of carboxylic acid groups (broad SMARTS) is 1. The van der Waals surface area contributed by atoms with E-state index in [0.717, 1.165) is 5.56 Å². The monoisotopic (exact) mass is 1360 g/mol. The lowest BCUT2D eigenvalue weighted by Crippen LogP contribution is -2.70. The number of esters is 1. The van der Waals surface area contributed by atoms with E-state index in [-0.39, 0.29) is 50.3 Å². The molecule has 2 saturated carbocycles. The largest absolute Gasteiger partial charge is 0.480 e. The second-order valence-corrected chi connectivity index (χ2v) is 32.3. The minimum Gasteiger partial charge on any atom is -0.480 e. The number of pyridine rings is 1. The molecule has 7 N–H and O–H groups in total. The third-order valence-electron chi connectivity index (χ3n) is 15.8. The van der Waals surface area contributed by atoms with Gasteiger partial charge in [0.2, 0.25) is 19.9 Å². The molecule has 22 nitrogen and oxygen atoms in total. The lowest BCUT2D eigenvalue weighted by molar-refractivity contribution is -0.403. The summed E-state index contributed by atoms with van der Waals surface area (Å²) < 4.78 is 27.0. The van der Waals surface area contributed by atoms with E-state index >= 15 is 0 Å². The Kier molecular flexibility index (Phi) is 38.0. The van der Waals surface area contributed by atoms with Crippen molar-refractivity contribution in [2.45, 2.75) is 199 Å². The summed E-state index contributed by atoms with van der Waals surface area (Å²) >= 11 is 0. The van der Waals surface area contributed by atoms with Gasteiger partial charge in [-0.15, -0.1) is 5.54 Å². The molecule has 2 aliphatic rings. The van der Waals surface area contributed by atoms with Crippen molar-refractivity contribution in [2.24, 2.45) is 21.0 Å². The number of hydrogen-bond acceptors (Lipinski definition) is 15. The van der Waals surface area contributed by atoms with Crippen molar-refractivity contribution < 1.29 is 58.5 Å². The molecule has 0 saturated heterocycles. The third-order valence-corrected chi connectivity index (χ3v) is 21.0. The van der Waals surface area contributed by atoms with Crippen molar-refractivity contribution in [1.82, 2.24) is 20.9 Å². The Morgan fingerprint density at radius 3 is 1.69 bits per heavy atom. The lowest BCUT2D eigenvalue weighted by atomic mass is 9.81. The normalized spacial score (nSPS) is 14.4. The number of benzene rings is 3. The number of ether oxygens (including phenoxy) is 5. The fourth-order valence-electron chi connectivity index (χ4n) is 10.7. The number of aromatic nitrogens is 1. The van der Waals surface area contributed by atoms with E-state index in [1.54, 1.807) is 47.0 Å². The number of nitrogens with zero attached hydrogens (tertiary/aromatic N) is 7. The number of rotatable bonds is 29. The van der Waals surface area contributed by atoms with E-state index in [0.29, 0.717) is 44.9 Å². The molecule has 4 aromatic rings. The van der Waals surface area contributed by atoms with Crippen molar-refractivity contribution in [1.29, 1.82) is 0 Å². The van der Waals surface area contributed by atoms with Gasteiger partial charge in [0.25, 0.3) is 5.91 Å². The number of quaternary nitrogens is 1. The van der Waals surface area contributed by atoms with Crippen LogP contribution in [0.15, 0.2) is 131 Å². The Hall–Kier alpha value is -7.77. The number of nitrogens with one attached hydrogen (secondary N) is 3. The molecule has 2 aliphatic carbocycles. The molecule has 532 valence electrons. The molecule has 0 unspecified atom stereocenters. The molecule has 0 spiro atoms. The number of aliphatic imine (C=N–C) groups is 2. The molecule has 1 aromatic heterocycles. The molecule has 0 aliphatic heterocycles. The van der Waals surface area contributed by atoms with Crippen LogP contribution in [0.2, 0.25) is 5.04 Å². The van der Waals surface area contributed by atoms with Gasteiger partial charge < -0.3 is 55.4 Å². The summed E-state index contributed by atoms with van der Waals surface area (Å²) in [5, 5.41) is 22.9. The number of carboxylic acids is 1. The minimum atomic E-state index is -2.39. The van der Waals surface area contributed by atoms with Crippen LogP contribution in [-0.2, 0) is 54.1 Å². The second kappa shape index (κ2) is 44.2. The Bertz CT molecular complexity index is 3050. The fraction of sp³-hybridized carbons (Fsp3) is 0.581. The molecular weight excluding hydrogens is 1250 g/mol. The van der Waals surface area contributed by atoms with E-state index < -0.39 is 66.6 Å². The molecular formula is C74H112N11O11Si+. The average molecular weight is 1360 g/mol. The highest BCUT2D eigenvalue weighted by Gasteiger charge is 2.47. The highest BCUT2D eigenvalue weighted by Crippen LogP contribution is 2.35. The van der Waals surface area contributed by atoms with Gasteiger partial charge in [-0.3, -0.25) is 24.2 Å². The van der Waals surface area contributed by atoms with E-state index in [9.17, 15) is 24.0 Å². The molecule has 6 rings (SSSR count). The first-order valence-electron chi connectivity index (χ1n) is 33.9. The summed E-state index contributed by atoms with van der Waals surface area (Å²) in [6, 6.07) is 36.4. The van der Waals surface area contributed by atoms with E-state index in [2.05, 4.69) is 133 Å². The van der Waals surface area contributed by atoms with Gasteiger partial charge in [-0.2, -0.15) is 0 Å². The highest BCUT2D eigenvalue weighted by atomic mass is 28.3. The van der Waals surface area contributed by atoms with E-state index in [1.807, 2.05) is 94.4 Å². The van der Waals surface area contributed by atoms with Crippen molar-refractivity contribution >= 4 is 59.8 Å². The molecule has 3 atom stereocenters. The van der Waals surface area contributed by atoms with Crippen molar-refractivity contribution in [3.63, 3.8) is 0 Å². The Labute approximate surface area is 578 Å². The van der Waals surface area contributed by atoms with Crippen LogP contribution in [0.3, 0.4) is 0 Å². The van der Waals surface area contributed by atoms with Crippen molar-refractivity contribution in [3.05, 3.63) is 132 Å². The molecule has 1 heterocycles. The number of amides is 3. The highest BCUT2D eigenvalue weighted by molar-refractivity contribution is 7.10. The zero-order chi connectivity index (χ0) is 71.8. The van der Waals surface area contributed by atoms with Crippen LogP contribution in [0.1, 0.15) is 152 Å². The molecule has 2 fully saturated rings. The first kappa shape index (κ1) is 83.5. The summed E-state index contributed by atoms with van der Waals surface area (Å²) in [4.78, 5) is 80.0. The van der Waals surface area contributed by atoms with Gasteiger partial charge in [-0.25, -0.2) is 14.8 Å². The summed E-state index contributed by atoms with van der Waals surface area (Å²) in [6.07, 6.45) is 16.8. The number of aliphatic carboxylic acids is 1. The summed E-state index contributed by atoms with van der Waals surface area (Å²) in [7, 11) is 1.63. The first-order valence-corrected chi connectivity index (χ1v) is 35.9. The second-order valence-electron chi connectivity index (χ2n) is 27.9. The predicted octanol–water partition coefficient (Wildman–Crippen LogP) is 9.51. The van der Waals surface area contributed by atoms with Gasteiger partial charge in [-0.05, 0) is 126 Å². The number of azide groups is 1. The average Bonchev–Trinajstić information content (AvgIpc) is 0.752. The predicted molar refractivity (Wildman–Crippen MR) is 385 cm³/mol. The molecule has 3 amide bonds. The van der Waals surface area contributed by atoms with Gasteiger partial charge in [0.1, 0.15) is 31.3 Å². The van der Waals surface area contributed by atoms with Gasteiger partial charge in [0.05, 0.1) is 62.6 Å². The van der Waals surface area contributed by atoms with Crippen molar-refractivity contribution in [3.8, 4) is 11.5 Å². The van der Waals surface area contributed by atoms with Crippen LogP contribution in [0, 0.1) is 17.4 Å². The number of carbonyl (C=O) groups excluding carboxylic acids is 4. The zero-order valence-corrected chi connectivity index (χ0v) is 61.1. The zero-order valence-electron chi connectivity index (χ0n) is 60.1. The Morgan fingerprint density at radius 1 is 0.701 bits per heavy atom. The van der Waals surface area contributed by atoms with Crippen LogP contribution in [0.25, 0.3) is 10.4 Å². The first-order chi connectivity index (χ1) is 46.0. The van der Waals surface area contributed by atoms with Crippen LogP contribution >= 0.6 is 0 Å². The van der Waals surface area contributed by atoms with Crippen LogP contribution in [0.4, 0.5) is 5.69 Å². The van der Waals surface area contributed by atoms with Gasteiger partial charge in [0.15, 0.2) is 6.04 Å². The molecule has 23 heteroatoms. The van der Waals surface area contributed by atoms with E-state index in [1.165, 1.54) is 80.3 Å². The Balaban J connectivity index is 0.000000383. The SMILES string of the molecule is C(=NC1CCCCC1)=NC1CCCCC1.CC(C)(C)OC[C@H](NC(=O)[C@@H]([NH3+])CC(=O)OC(C)(C)C)C(=O)NC(C)(C)[C@@H](Cc1ccccc1)C(=O)NCCN=[N+]=[N-].CC(C)(C)[Si](C#CCOCCOCCOCC(=O)O)(c1ccccc1)c1ccccc1.CN(C)c1ccncc1. The minimum absolute atomic E-state index is 0.0121. The molecule has 0 bridgehead atoms. The maximum absolute atomic E-state index is 13.6. The molecule has 0 radical (unpaired) electrons. The quantitative estimate of drug-likeness (QED) is 0.00495. The van der Waals surface area contributed by atoms with Gasteiger partial charge in [0, 0.05) is 55.7 Å². The standard InChI is InChI=1S/C29H47N7O6.C25H32O5Si.C13H22N2.C7H10N2/c1-27(2,3)41-18-22(34-25(39)21(30)17-23(37)42-28(4,5)6)26(40)35-29(7,8)20(16-19-12-10-9-11-13-19)24(38)32-14-15-33-36-31;1-25(2,3)31(22-11-6-4-7-12-22,23-13-8-5-9-14-23)20-10-15-28-16-17-29-18-19-30-21-24(26)27;1-3-7-12(8-4-1)14-11-15-13-9-5-2-6-10-13;1-9(2)7-3-5-8-6-4-7/h9-13,20-22H,14-18,30H2,1-8H3,(H,32,38)(H,34,39)(H,35,40);4-9,11-14H,15-19,21H2,1-3H3,(H,26,27);12-13H,1-10H2;3-6H,1-2H3/p+1/t20-,21-,22-;;;/m0.../s1.